The highest BCUT2D eigenvalue weighted by molar-refractivity contribution is 5.85. The van der Waals surface area contributed by atoms with Crippen molar-refractivity contribution in [1.82, 2.24) is 15.5 Å². The molecule has 1 aliphatic heterocycles. The largest absolute Gasteiger partial charge is 0.356 e. The Balaban J connectivity index is 0.00000484. The van der Waals surface area contributed by atoms with Crippen LogP contribution in [0, 0.1) is 11.8 Å². The second-order valence-electron chi connectivity index (χ2n) is 6.58. The number of nitrogens with one attached hydrogen (secondary N) is 2. The number of urea groups is 1. The van der Waals surface area contributed by atoms with E-state index in [2.05, 4.69) is 24.5 Å². The van der Waals surface area contributed by atoms with Crippen LogP contribution >= 0.6 is 12.4 Å². The van der Waals surface area contributed by atoms with Crippen molar-refractivity contribution in [3.05, 3.63) is 0 Å². The molecular formula is C16H33ClN4O2. The molecule has 1 heterocycles. The van der Waals surface area contributed by atoms with Crippen LogP contribution in [0.25, 0.3) is 0 Å². The number of hydrogen-bond donors (Lipinski definition) is 3. The van der Waals surface area contributed by atoms with E-state index in [1.54, 1.807) is 0 Å². The van der Waals surface area contributed by atoms with E-state index in [-0.39, 0.29) is 30.3 Å². The second kappa shape index (κ2) is 12.4. The number of carbonyl (C=O) groups is 2. The van der Waals surface area contributed by atoms with Crippen molar-refractivity contribution in [2.24, 2.45) is 17.6 Å². The number of rotatable bonds is 8. The first-order chi connectivity index (χ1) is 10.5. The number of nitrogens with two attached hydrogens (primary N) is 1. The molecule has 1 fully saturated rings. The van der Waals surface area contributed by atoms with Crippen LogP contribution in [-0.2, 0) is 4.79 Å². The number of unbranched alkanes of at least 4 members (excludes halogenated alkanes) is 1. The molecule has 4 N–H and O–H groups in total. The van der Waals surface area contributed by atoms with Gasteiger partial charge < -0.3 is 21.3 Å². The maximum absolute atomic E-state index is 12.1. The Labute approximate surface area is 146 Å². The summed E-state index contributed by atoms with van der Waals surface area (Å²) in [5.74, 6) is 0.809. The van der Waals surface area contributed by atoms with Gasteiger partial charge in [0.2, 0.25) is 5.91 Å². The first kappa shape index (κ1) is 22.0. The van der Waals surface area contributed by atoms with Gasteiger partial charge >= 0.3 is 6.03 Å². The molecule has 0 spiro atoms. The molecule has 0 aromatic heterocycles. The summed E-state index contributed by atoms with van der Waals surface area (Å²) in [4.78, 5) is 25.8. The first-order valence-electron chi connectivity index (χ1n) is 8.52. The first-order valence-corrected chi connectivity index (χ1v) is 8.52. The molecule has 1 unspecified atom stereocenters. The van der Waals surface area contributed by atoms with Gasteiger partial charge in [-0.05, 0) is 44.1 Å². The lowest BCUT2D eigenvalue weighted by molar-refractivity contribution is -0.122. The van der Waals surface area contributed by atoms with Gasteiger partial charge in [0, 0.05) is 32.6 Å². The quantitative estimate of drug-likeness (QED) is 0.584. The van der Waals surface area contributed by atoms with Crippen LogP contribution in [0.15, 0.2) is 0 Å². The van der Waals surface area contributed by atoms with Crippen molar-refractivity contribution in [3.63, 3.8) is 0 Å². The molecule has 1 atom stereocenters. The summed E-state index contributed by atoms with van der Waals surface area (Å²) in [6.45, 7) is 7.68. The number of amides is 3. The summed E-state index contributed by atoms with van der Waals surface area (Å²) in [6, 6.07) is 0.00162. The molecule has 1 aliphatic rings. The summed E-state index contributed by atoms with van der Waals surface area (Å²) in [5.41, 5.74) is 5.43. The molecule has 0 aromatic carbocycles. The van der Waals surface area contributed by atoms with E-state index in [0.717, 1.165) is 32.2 Å². The zero-order valence-corrected chi connectivity index (χ0v) is 15.3. The Morgan fingerprint density at radius 2 is 2.00 bits per heavy atom. The van der Waals surface area contributed by atoms with Crippen molar-refractivity contribution in [3.8, 4) is 0 Å². The highest BCUT2D eigenvalue weighted by Gasteiger charge is 2.25. The van der Waals surface area contributed by atoms with Crippen LogP contribution in [-0.4, -0.2) is 49.6 Å². The van der Waals surface area contributed by atoms with E-state index in [9.17, 15) is 9.59 Å². The zero-order chi connectivity index (χ0) is 16.4. The SMILES string of the molecule is CC(C)CNC(=O)N1CCCC(CC(=O)NCCCCN)C1.Cl. The fraction of sp³-hybridized carbons (Fsp3) is 0.875. The predicted octanol–water partition coefficient (Wildman–Crippen LogP) is 1.73. The molecule has 6 nitrogen and oxygen atoms in total. The van der Waals surface area contributed by atoms with Crippen molar-refractivity contribution < 1.29 is 9.59 Å². The maximum Gasteiger partial charge on any atom is 0.317 e. The van der Waals surface area contributed by atoms with Gasteiger partial charge in [0.05, 0.1) is 0 Å². The number of hydrogen-bond acceptors (Lipinski definition) is 3. The Morgan fingerprint density at radius 1 is 1.26 bits per heavy atom. The van der Waals surface area contributed by atoms with Gasteiger partial charge in [-0.2, -0.15) is 0 Å². The highest BCUT2D eigenvalue weighted by atomic mass is 35.5. The fourth-order valence-electron chi connectivity index (χ4n) is 2.65. The van der Waals surface area contributed by atoms with Gasteiger partial charge in [0.15, 0.2) is 0 Å². The number of nitrogens with zero attached hydrogens (tertiary/aromatic N) is 1. The van der Waals surface area contributed by atoms with Crippen LogP contribution in [0.3, 0.4) is 0 Å². The van der Waals surface area contributed by atoms with E-state index < -0.39 is 0 Å². The topological polar surface area (TPSA) is 87.5 Å². The van der Waals surface area contributed by atoms with Gasteiger partial charge in [-0.15, -0.1) is 12.4 Å². The van der Waals surface area contributed by atoms with E-state index in [1.165, 1.54) is 0 Å². The standard InChI is InChI=1S/C16H32N4O2.ClH/c1-13(2)11-19-16(22)20-9-5-6-14(12-20)10-15(21)18-8-4-3-7-17;/h13-14H,3-12,17H2,1-2H3,(H,18,21)(H,19,22);1H. The summed E-state index contributed by atoms with van der Waals surface area (Å²) >= 11 is 0. The van der Waals surface area contributed by atoms with Gasteiger partial charge in [0.25, 0.3) is 0 Å². The predicted molar refractivity (Wildman–Crippen MR) is 95.7 cm³/mol. The Bertz CT molecular complexity index is 353. The van der Waals surface area contributed by atoms with Crippen LogP contribution < -0.4 is 16.4 Å². The molecule has 0 aromatic rings. The van der Waals surface area contributed by atoms with E-state index in [0.29, 0.717) is 38.5 Å². The Hall–Kier alpha value is -1.01. The van der Waals surface area contributed by atoms with Crippen LogP contribution in [0.5, 0.6) is 0 Å². The molecule has 1 rings (SSSR count). The molecule has 0 radical (unpaired) electrons. The highest BCUT2D eigenvalue weighted by Crippen LogP contribution is 2.19. The van der Waals surface area contributed by atoms with Crippen LogP contribution in [0.4, 0.5) is 4.79 Å². The summed E-state index contributed by atoms with van der Waals surface area (Å²) in [6.07, 6.45) is 4.37. The third-order valence-electron chi connectivity index (χ3n) is 3.89. The minimum absolute atomic E-state index is 0. The van der Waals surface area contributed by atoms with Gasteiger partial charge in [-0.25, -0.2) is 4.79 Å². The number of likely N-dealkylation sites (tertiary alicyclic amines) is 1. The third-order valence-corrected chi connectivity index (χ3v) is 3.89. The fourth-order valence-corrected chi connectivity index (χ4v) is 2.65. The minimum Gasteiger partial charge on any atom is -0.356 e. The summed E-state index contributed by atoms with van der Waals surface area (Å²) in [5, 5.41) is 5.88. The lowest BCUT2D eigenvalue weighted by Crippen LogP contribution is -2.47. The molecule has 23 heavy (non-hydrogen) atoms. The smallest absolute Gasteiger partial charge is 0.317 e. The lowest BCUT2D eigenvalue weighted by Gasteiger charge is -2.32. The Kier molecular flexibility index (Phi) is 11.9. The number of halogens is 1. The van der Waals surface area contributed by atoms with Crippen molar-refractivity contribution >= 4 is 24.3 Å². The maximum atomic E-state index is 12.1. The normalized spacial score (nSPS) is 17.6. The van der Waals surface area contributed by atoms with E-state index in [1.807, 2.05) is 4.90 Å². The Morgan fingerprint density at radius 3 is 2.65 bits per heavy atom. The third kappa shape index (κ3) is 9.66. The summed E-state index contributed by atoms with van der Waals surface area (Å²) < 4.78 is 0. The van der Waals surface area contributed by atoms with Crippen LogP contribution in [0.1, 0.15) is 46.0 Å². The average Bonchev–Trinajstić information content (AvgIpc) is 2.49. The molecule has 0 saturated carbocycles. The van der Waals surface area contributed by atoms with Crippen molar-refractivity contribution in [1.29, 1.82) is 0 Å². The van der Waals surface area contributed by atoms with E-state index in [4.69, 9.17) is 5.73 Å². The second-order valence-corrected chi connectivity index (χ2v) is 6.58. The molecule has 0 bridgehead atoms. The number of piperidine rings is 1. The van der Waals surface area contributed by atoms with Gasteiger partial charge in [-0.3, -0.25) is 4.79 Å². The molecule has 3 amide bonds. The van der Waals surface area contributed by atoms with E-state index >= 15 is 0 Å². The molecule has 1 saturated heterocycles. The summed E-state index contributed by atoms with van der Waals surface area (Å²) in [7, 11) is 0. The van der Waals surface area contributed by atoms with Crippen molar-refractivity contribution in [2.75, 3.05) is 32.7 Å². The number of carbonyl (C=O) groups excluding carboxylic acids is 2. The lowest BCUT2D eigenvalue weighted by atomic mass is 9.94. The van der Waals surface area contributed by atoms with Gasteiger partial charge in [0.1, 0.15) is 0 Å². The average molecular weight is 349 g/mol. The van der Waals surface area contributed by atoms with Crippen LogP contribution in [0.2, 0.25) is 0 Å². The molecule has 7 heteroatoms. The molecular weight excluding hydrogens is 316 g/mol. The monoisotopic (exact) mass is 348 g/mol. The minimum atomic E-state index is 0. The molecule has 136 valence electrons. The van der Waals surface area contributed by atoms with Gasteiger partial charge in [-0.1, -0.05) is 13.8 Å². The molecule has 0 aliphatic carbocycles. The van der Waals surface area contributed by atoms with Crippen molar-refractivity contribution in [2.45, 2.75) is 46.0 Å². The zero-order valence-electron chi connectivity index (χ0n) is 14.5.